The molecular weight excluding hydrogens is 228 g/mol. The van der Waals surface area contributed by atoms with E-state index >= 15 is 0 Å². The van der Waals surface area contributed by atoms with E-state index in [2.05, 4.69) is 6.07 Å². The molecule has 2 N–H and O–H groups in total. The number of hydrogen-bond acceptors (Lipinski definition) is 3. The molecular formula is C14H20N2O2. The van der Waals surface area contributed by atoms with Crippen LogP contribution in [-0.4, -0.2) is 32.2 Å². The number of para-hydroxylation sites is 1. The van der Waals surface area contributed by atoms with Gasteiger partial charge in [-0.1, -0.05) is 18.2 Å². The van der Waals surface area contributed by atoms with Crippen molar-refractivity contribution in [2.24, 2.45) is 5.73 Å². The maximum atomic E-state index is 12.3. The molecule has 98 valence electrons. The van der Waals surface area contributed by atoms with Gasteiger partial charge in [-0.05, 0) is 30.9 Å². The lowest BCUT2D eigenvalue weighted by molar-refractivity contribution is -0.120. The van der Waals surface area contributed by atoms with Crippen molar-refractivity contribution in [1.29, 1.82) is 0 Å². The van der Waals surface area contributed by atoms with Gasteiger partial charge in [0.2, 0.25) is 5.91 Å². The molecule has 0 saturated carbocycles. The number of anilines is 1. The average Bonchev–Trinajstić information content (AvgIpc) is 2.60. The maximum absolute atomic E-state index is 12.3. The summed E-state index contributed by atoms with van der Waals surface area (Å²) in [5.41, 5.74) is 8.09. The quantitative estimate of drug-likeness (QED) is 0.878. The molecule has 1 atom stereocenters. The molecule has 0 saturated heterocycles. The lowest BCUT2D eigenvalue weighted by Crippen LogP contribution is -2.46. The van der Waals surface area contributed by atoms with E-state index in [9.17, 15) is 4.79 Å². The van der Waals surface area contributed by atoms with Crippen molar-refractivity contribution in [2.75, 3.05) is 25.2 Å². The number of nitrogens with two attached hydrogens (primary N) is 1. The van der Waals surface area contributed by atoms with Crippen molar-refractivity contribution in [3.63, 3.8) is 0 Å². The van der Waals surface area contributed by atoms with Crippen molar-refractivity contribution in [2.45, 2.75) is 25.3 Å². The van der Waals surface area contributed by atoms with Crippen LogP contribution in [0.25, 0.3) is 0 Å². The predicted molar refractivity (Wildman–Crippen MR) is 71.6 cm³/mol. The van der Waals surface area contributed by atoms with Crippen LogP contribution in [0.1, 0.15) is 18.4 Å². The van der Waals surface area contributed by atoms with E-state index in [0.717, 1.165) is 31.5 Å². The highest BCUT2D eigenvalue weighted by atomic mass is 16.5. The molecule has 4 nitrogen and oxygen atoms in total. The molecule has 1 aromatic rings. The molecule has 0 bridgehead atoms. The minimum atomic E-state index is -0.582. The first-order chi connectivity index (χ1) is 8.74. The summed E-state index contributed by atoms with van der Waals surface area (Å²) >= 11 is 0. The fourth-order valence-corrected chi connectivity index (χ4v) is 2.37. The fraction of sp³-hybridized carbons (Fsp3) is 0.500. The lowest BCUT2D eigenvalue weighted by atomic mass is 10.1. The number of hydrogen-bond donors (Lipinski definition) is 1. The number of ether oxygens (including phenoxy) is 1. The number of carbonyl (C=O) groups is 1. The van der Waals surface area contributed by atoms with Gasteiger partial charge in [0.25, 0.3) is 0 Å². The highest BCUT2D eigenvalue weighted by molar-refractivity contribution is 5.97. The summed E-state index contributed by atoms with van der Waals surface area (Å²) in [4.78, 5) is 14.1. The second-order valence-corrected chi connectivity index (χ2v) is 4.64. The zero-order chi connectivity index (χ0) is 13.0. The first kappa shape index (κ1) is 13.1. The number of methoxy groups -OCH3 is 1. The highest BCUT2D eigenvalue weighted by Crippen LogP contribution is 2.26. The predicted octanol–water partition coefficient (Wildman–Crippen LogP) is 1.33. The Labute approximate surface area is 108 Å². The Morgan fingerprint density at radius 3 is 3.00 bits per heavy atom. The van der Waals surface area contributed by atoms with Gasteiger partial charge in [-0.25, -0.2) is 0 Å². The van der Waals surface area contributed by atoms with Gasteiger partial charge < -0.3 is 15.4 Å². The van der Waals surface area contributed by atoms with Crippen LogP contribution in [0.4, 0.5) is 5.69 Å². The van der Waals surface area contributed by atoms with E-state index in [4.69, 9.17) is 10.5 Å². The number of aryl methyl sites for hydroxylation is 1. The number of fused-ring (bicyclic) bond motifs is 1. The van der Waals surface area contributed by atoms with E-state index in [1.807, 2.05) is 23.1 Å². The van der Waals surface area contributed by atoms with Crippen LogP contribution in [0.5, 0.6) is 0 Å². The Bertz CT molecular complexity index is 420. The number of carbonyl (C=O) groups excluding carboxylic acids is 1. The summed E-state index contributed by atoms with van der Waals surface area (Å²) in [5, 5.41) is 0. The van der Waals surface area contributed by atoms with Crippen LogP contribution in [0, 0.1) is 0 Å². The number of benzene rings is 1. The largest absolute Gasteiger partial charge is 0.383 e. The van der Waals surface area contributed by atoms with Gasteiger partial charge in [0.1, 0.15) is 6.04 Å². The molecule has 18 heavy (non-hydrogen) atoms. The summed E-state index contributed by atoms with van der Waals surface area (Å²) in [6, 6.07) is 7.48. The number of nitrogens with zero attached hydrogens (tertiary/aromatic N) is 1. The van der Waals surface area contributed by atoms with Crippen molar-refractivity contribution in [3.8, 4) is 0 Å². The van der Waals surface area contributed by atoms with Crippen LogP contribution >= 0.6 is 0 Å². The highest BCUT2D eigenvalue weighted by Gasteiger charge is 2.25. The molecule has 0 aliphatic carbocycles. The third kappa shape index (κ3) is 2.71. The van der Waals surface area contributed by atoms with Crippen LogP contribution in [0.15, 0.2) is 24.3 Å². The lowest BCUT2D eigenvalue weighted by Gasteiger charge is -2.25. The zero-order valence-electron chi connectivity index (χ0n) is 10.8. The molecule has 1 aliphatic rings. The van der Waals surface area contributed by atoms with Crippen molar-refractivity contribution in [3.05, 3.63) is 29.8 Å². The summed E-state index contributed by atoms with van der Waals surface area (Å²) in [6.07, 6.45) is 3.15. The first-order valence-electron chi connectivity index (χ1n) is 6.38. The van der Waals surface area contributed by atoms with Gasteiger partial charge in [0, 0.05) is 19.3 Å². The minimum absolute atomic E-state index is 0.0498. The Kier molecular flexibility index (Phi) is 4.33. The molecule has 0 aromatic heterocycles. The standard InChI is InChI=1S/C14H20N2O2/c1-18-10-12(15)14(17)16-9-5-4-7-11-6-2-3-8-13(11)16/h2-3,6,8,12H,4-5,7,9-10,15H2,1H3. The number of rotatable bonds is 3. The molecule has 0 radical (unpaired) electrons. The Morgan fingerprint density at radius 2 is 2.22 bits per heavy atom. The van der Waals surface area contributed by atoms with Crippen LogP contribution in [0.3, 0.4) is 0 Å². The molecule has 2 rings (SSSR count). The Hall–Kier alpha value is -1.39. The van der Waals surface area contributed by atoms with Crippen molar-refractivity contribution in [1.82, 2.24) is 0 Å². The molecule has 1 unspecified atom stereocenters. The molecule has 1 aromatic carbocycles. The van der Waals surface area contributed by atoms with Gasteiger partial charge in [-0.2, -0.15) is 0 Å². The molecule has 4 heteroatoms. The van der Waals surface area contributed by atoms with Gasteiger partial charge in [-0.3, -0.25) is 4.79 Å². The summed E-state index contributed by atoms with van der Waals surface area (Å²) in [6.45, 7) is 1.00. The van der Waals surface area contributed by atoms with Crippen LogP contribution in [-0.2, 0) is 16.0 Å². The van der Waals surface area contributed by atoms with Gasteiger partial charge in [0.15, 0.2) is 0 Å². The first-order valence-corrected chi connectivity index (χ1v) is 6.38. The Morgan fingerprint density at radius 1 is 1.44 bits per heavy atom. The summed E-state index contributed by atoms with van der Waals surface area (Å²) < 4.78 is 4.96. The minimum Gasteiger partial charge on any atom is -0.383 e. The van der Waals surface area contributed by atoms with E-state index in [-0.39, 0.29) is 12.5 Å². The SMILES string of the molecule is COCC(N)C(=O)N1CCCCc2ccccc21. The summed E-state index contributed by atoms with van der Waals surface area (Å²) in [5.74, 6) is -0.0498. The molecule has 0 spiro atoms. The van der Waals surface area contributed by atoms with Crippen molar-refractivity contribution >= 4 is 11.6 Å². The monoisotopic (exact) mass is 248 g/mol. The van der Waals surface area contributed by atoms with E-state index < -0.39 is 6.04 Å². The second kappa shape index (κ2) is 5.98. The maximum Gasteiger partial charge on any atom is 0.246 e. The van der Waals surface area contributed by atoms with Gasteiger partial charge >= 0.3 is 0 Å². The van der Waals surface area contributed by atoms with Gasteiger partial charge in [-0.15, -0.1) is 0 Å². The van der Waals surface area contributed by atoms with Crippen molar-refractivity contribution < 1.29 is 9.53 Å². The third-order valence-corrected chi connectivity index (χ3v) is 3.29. The van der Waals surface area contributed by atoms with E-state index in [0.29, 0.717) is 0 Å². The average molecular weight is 248 g/mol. The fourth-order valence-electron chi connectivity index (χ4n) is 2.37. The zero-order valence-corrected chi connectivity index (χ0v) is 10.8. The van der Waals surface area contributed by atoms with E-state index in [1.165, 1.54) is 5.56 Å². The smallest absolute Gasteiger partial charge is 0.246 e. The molecule has 1 aliphatic heterocycles. The topological polar surface area (TPSA) is 55.6 Å². The van der Waals surface area contributed by atoms with Crippen LogP contribution < -0.4 is 10.6 Å². The normalized spacial score (nSPS) is 16.9. The van der Waals surface area contributed by atoms with Crippen LogP contribution in [0.2, 0.25) is 0 Å². The molecule has 1 heterocycles. The molecule has 0 fully saturated rings. The van der Waals surface area contributed by atoms with E-state index in [1.54, 1.807) is 7.11 Å². The molecule has 1 amide bonds. The van der Waals surface area contributed by atoms with Gasteiger partial charge in [0.05, 0.1) is 6.61 Å². The third-order valence-electron chi connectivity index (χ3n) is 3.29. The summed E-state index contributed by atoms with van der Waals surface area (Å²) in [7, 11) is 1.56. The Balaban J connectivity index is 2.24. The number of amides is 1. The second-order valence-electron chi connectivity index (χ2n) is 4.64.